The van der Waals surface area contributed by atoms with Crippen LogP contribution in [0, 0.1) is 0 Å². The molecular weight excluding hydrogens is 254 g/mol. The Labute approximate surface area is 109 Å². The zero-order chi connectivity index (χ0) is 13.4. The first-order chi connectivity index (χ1) is 8.47. The van der Waals surface area contributed by atoms with Crippen LogP contribution in [0.5, 0.6) is 0 Å². The summed E-state index contributed by atoms with van der Waals surface area (Å²) in [6.07, 6.45) is 5.29. The van der Waals surface area contributed by atoms with Crippen LogP contribution in [0.25, 0.3) is 0 Å². The molecule has 0 spiro atoms. The van der Waals surface area contributed by atoms with E-state index in [0.717, 1.165) is 19.4 Å². The largest absolute Gasteiger partial charge is 0.356 e. The number of sulfonamides is 1. The lowest BCUT2D eigenvalue weighted by atomic mass is 10.0. The third-order valence-electron chi connectivity index (χ3n) is 3.06. The van der Waals surface area contributed by atoms with Gasteiger partial charge in [-0.15, -0.1) is 0 Å². The van der Waals surface area contributed by atoms with Crippen molar-refractivity contribution >= 4 is 15.9 Å². The molecular formula is C11H23N3O3S. The molecule has 7 heteroatoms. The Bertz CT molecular complexity index is 351. The normalized spacial score (nSPS) is 20.6. The van der Waals surface area contributed by atoms with E-state index < -0.39 is 10.0 Å². The van der Waals surface area contributed by atoms with E-state index in [-0.39, 0.29) is 11.7 Å². The highest BCUT2D eigenvalue weighted by Crippen LogP contribution is 2.11. The number of nitrogens with two attached hydrogens (primary N) is 1. The van der Waals surface area contributed by atoms with Gasteiger partial charge in [0.05, 0.1) is 5.75 Å². The first kappa shape index (κ1) is 15.4. The molecule has 1 saturated heterocycles. The van der Waals surface area contributed by atoms with Crippen LogP contribution in [0.4, 0.5) is 0 Å². The second-order valence-electron chi connectivity index (χ2n) is 4.76. The highest BCUT2D eigenvalue weighted by atomic mass is 32.2. The number of hydrogen-bond donors (Lipinski definition) is 3. The van der Waals surface area contributed by atoms with Crippen molar-refractivity contribution in [1.82, 2.24) is 10.6 Å². The number of carbonyl (C=O) groups is 1. The van der Waals surface area contributed by atoms with E-state index in [4.69, 9.17) is 5.14 Å². The summed E-state index contributed by atoms with van der Waals surface area (Å²) in [6.45, 7) is 1.41. The lowest BCUT2D eigenvalue weighted by Crippen LogP contribution is -2.35. The highest BCUT2D eigenvalue weighted by molar-refractivity contribution is 7.89. The predicted octanol–water partition coefficient (Wildman–Crippen LogP) is -0.296. The lowest BCUT2D eigenvalue weighted by molar-refractivity contribution is -0.121. The molecule has 1 amide bonds. The summed E-state index contributed by atoms with van der Waals surface area (Å²) in [6, 6.07) is 0.453. The second kappa shape index (κ2) is 7.70. The van der Waals surface area contributed by atoms with E-state index >= 15 is 0 Å². The van der Waals surface area contributed by atoms with Gasteiger partial charge in [-0.05, 0) is 32.2 Å². The van der Waals surface area contributed by atoms with Crippen molar-refractivity contribution in [2.24, 2.45) is 5.14 Å². The fraction of sp³-hybridized carbons (Fsp3) is 0.909. The van der Waals surface area contributed by atoms with Gasteiger partial charge in [0.2, 0.25) is 15.9 Å². The standard InChI is InChI=1S/C11H23N3O3S/c12-18(16,17)9-3-8-14-11(15)6-5-10-4-1-2-7-13-10/h10,13H,1-9H2,(H,14,15)(H2,12,16,17). The zero-order valence-electron chi connectivity index (χ0n) is 10.7. The molecule has 6 nitrogen and oxygen atoms in total. The SMILES string of the molecule is NS(=O)(=O)CCCNC(=O)CCC1CCCCN1. The van der Waals surface area contributed by atoms with Crippen molar-refractivity contribution < 1.29 is 13.2 Å². The molecule has 0 bridgehead atoms. The van der Waals surface area contributed by atoms with Crippen molar-refractivity contribution in [3.63, 3.8) is 0 Å². The van der Waals surface area contributed by atoms with Gasteiger partial charge in [0.15, 0.2) is 0 Å². The lowest BCUT2D eigenvalue weighted by Gasteiger charge is -2.23. The number of hydrogen-bond acceptors (Lipinski definition) is 4. The number of primary sulfonamides is 1. The molecule has 1 aliphatic rings. The molecule has 1 heterocycles. The summed E-state index contributed by atoms with van der Waals surface area (Å²) in [4.78, 5) is 11.5. The number of piperidine rings is 1. The quantitative estimate of drug-likeness (QED) is 0.556. The molecule has 0 aromatic rings. The van der Waals surface area contributed by atoms with Gasteiger partial charge in [-0.25, -0.2) is 13.6 Å². The van der Waals surface area contributed by atoms with Gasteiger partial charge in [-0.2, -0.15) is 0 Å². The van der Waals surface area contributed by atoms with Crippen LogP contribution in [-0.4, -0.2) is 39.2 Å². The van der Waals surface area contributed by atoms with E-state index in [2.05, 4.69) is 10.6 Å². The van der Waals surface area contributed by atoms with E-state index in [9.17, 15) is 13.2 Å². The average molecular weight is 277 g/mol. The predicted molar refractivity (Wildman–Crippen MR) is 70.5 cm³/mol. The maximum Gasteiger partial charge on any atom is 0.220 e. The topological polar surface area (TPSA) is 101 Å². The molecule has 0 aromatic heterocycles. The summed E-state index contributed by atoms with van der Waals surface area (Å²) in [5.74, 6) is -0.103. The summed E-state index contributed by atoms with van der Waals surface area (Å²) >= 11 is 0. The summed E-state index contributed by atoms with van der Waals surface area (Å²) in [5, 5.41) is 11.0. The summed E-state index contributed by atoms with van der Waals surface area (Å²) in [5.41, 5.74) is 0. The van der Waals surface area contributed by atoms with Gasteiger partial charge in [-0.3, -0.25) is 4.79 Å². The van der Waals surface area contributed by atoms with Crippen LogP contribution >= 0.6 is 0 Å². The van der Waals surface area contributed by atoms with E-state index in [1.807, 2.05) is 0 Å². The Kier molecular flexibility index (Phi) is 6.59. The van der Waals surface area contributed by atoms with Crippen LogP contribution < -0.4 is 15.8 Å². The third kappa shape index (κ3) is 7.62. The highest BCUT2D eigenvalue weighted by Gasteiger charge is 2.13. The van der Waals surface area contributed by atoms with Gasteiger partial charge in [0.1, 0.15) is 0 Å². The molecule has 1 atom stereocenters. The van der Waals surface area contributed by atoms with Crippen molar-refractivity contribution in [2.45, 2.75) is 44.6 Å². The van der Waals surface area contributed by atoms with Crippen LogP contribution in [0.15, 0.2) is 0 Å². The minimum absolute atomic E-state index is 0.0169. The molecule has 1 aliphatic heterocycles. The van der Waals surface area contributed by atoms with Gasteiger partial charge < -0.3 is 10.6 Å². The van der Waals surface area contributed by atoms with E-state index in [1.54, 1.807) is 0 Å². The maximum absolute atomic E-state index is 11.5. The van der Waals surface area contributed by atoms with Crippen LogP contribution in [0.2, 0.25) is 0 Å². The van der Waals surface area contributed by atoms with Gasteiger partial charge in [0, 0.05) is 19.0 Å². The van der Waals surface area contributed by atoms with Crippen LogP contribution in [0.3, 0.4) is 0 Å². The number of nitrogens with one attached hydrogen (secondary N) is 2. The average Bonchev–Trinajstić information content (AvgIpc) is 2.32. The fourth-order valence-corrected chi connectivity index (χ4v) is 2.61. The minimum Gasteiger partial charge on any atom is -0.356 e. The molecule has 1 rings (SSSR count). The Hall–Kier alpha value is -0.660. The smallest absolute Gasteiger partial charge is 0.220 e. The number of amides is 1. The Morgan fingerprint density at radius 3 is 2.78 bits per heavy atom. The number of rotatable bonds is 7. The minimum atomic E-state index is -3.41. The molecule has 0 aliphatic carbocycles. The van der Waals surface area contributed by atoms with Gasteiger partial charge in [0.25, 0.3) is 0 Å². The number of carbonyl (C=O) groups excluding carboxylic acids is 1. The molecule has 4 N–H and O–H groups in total. The van der Waals surface area contributed by atoms with Gasteiger partial charge >= 0.3 is 0 Å². The second-order valence-corrected chi connectivity index (χ2v) is 6.49. The first-order valence-corrected chi connectivity index (χ1v) is 8.19. The summed E-state index contributed by atoms with van der Waals surface area (Å²) < 4.78 is 21.3. The van der Waals surface area contributed by atoms with E-state index in [0.29, 0.717) is 25.4 Å². The van der Waals surface area contributed by atoms with Crippen LogP contribution in [0.1, 0.15) is 38.5 Å². The zero-order valence-corrected chi connectivity index (χ0v) is 11.5. The molecule has 106 valence electrons. The van der Waals surface area contributed by atoms with Crippen molar-refractivity contribution in [1.29, 1.82) is 0 Å². The summed E-state index contributed by atoms with van der Waals surface area (Å²) in [7, 11) is -3.41. The Balaban J connectivity index is 2.03. The van der Waals surface area contributed by atoms with E-state index in [1.165, 1.54) is 12.8 Å². The fourth-order valence-electron chi connectivity index (χ4n) is 2.07. The van der Waals surface area contributed by atoms with Crippen molar-refractivity contribution in [3.8, 4) is 0 Å². The maximum atomic E-state index is 11.5. The molecule has 0 saturated carbocycles. The molecule has 18 heavy (non-hydrogen) atoms. The molecule has 1 unspecified atom stereocenters. The molecule has 1 fully saturated rings. The van der Waals surface area contributed by atoms with Gasteiger partial charge in [-0.1, -0.05) is 6.42 Å². The first-order valence-electron chi connectivity index (χ1n) is 6.48. The van der Waals surface area contributed by atoms with Crippen molar-refractivity contribution in [3.05, 3.63) is 0 Å². The molecule has 0 aromatic carbocycles. The Morgan fingerprint density at radius 1 is 1.39 bits per heavy atom. The third-order valence-corrected chi connectivity index (χ3v) is 3.92. The van der Waals surface area contributed by atoms with Crippen LogP contribution in [-0.2, 0) is 14.8 Å². The molecule has 0 radical (unpaired) electrons. The van der Waals surface area contributed by atoms with Crippen molar-refractivity contribution in [2.75, 3.05) is 18.8 Å². The Morgan fingerprint density at radius 2 is 2.17 bits per heavy atom. The monoisotopic (exact) mass is 277 g/mol.